The smallest absolute Gasteiger partial charge is 0.154 e. The maximum atomic E-state index is 13.8. The van der Waals surface area contributed by atoms with Crippen LogP contribution < -0.4 is 10.5 Å². The van der Waals surface area contributed by atoms with Gasteiger partial charge in [0.25, 0.3) is 0 Å². The zero-order valence-electron chi connectivity index (χ0n) is 10.2. The summed E-state index contributed by atoms with van der Waals surface area (Å²) in [5.41, 5.74) is 6.22. The van der Waals surface area contributed by atoms with Crippen molar-refractivity contribution in [3.05, 3.63) is 29.0 Å². The van der Waals surface area contributed by atoms with Gasteiger partial charge in [0.15, 0.2) is 5.01 Å². The first kappa shape index (κ1) is 12.9. The monoisotopic (exact) mass is 267 g/mol. The van der Waals surface area contributed by atoms with E-state index in [4.69, 9.17) is 10.5 Å². The zero-order valence-corrected chi connectivity index (χ0v) is 11.0. The molecule has 0 fully saturated rings. The molecule has 0 radical (unpaired) electrons. The van der Waals surface area contributed by atoms with E-state index in [0.717, 1.165) is 6.42 Å². The minimum absolute atomic E-state index is 0.158. The Labute approximate surface area is 109 Å². The predicted molar refractivity (Wildman–Crippen MR) is 69.1 cm³/mol. The van der Waals surface area contributed by atoms with Gasteiger partial charge in [-0.3, -0.25) is 0 Å². The molecule has 4 nitrogen and oxygen atoms in total. The Balaban J connectivity index is 2.46. The van der Waals surface area contributed by atoms with Gasteiger partial charge in [0.05, 0.1) is 18.7 Å². The van der Waals surface area contributed by atoms with Gasteiger partial charge in [0.2, 0.25) is 0 Å². The molecule has 1 unspecified atom stereocenters. The van der Waals surface area contributed by atoms with Gasteiger partial charge in [0.1, 0.15) is 16.6 Å². The first-order valence-corrected chi connectivity index (χ1v) is 6.40. The third-order valence-corrected chi connectivity index (χ3v) is 3.68. The van der Waals surface area contributed by atoms with E-state index in [1.54, 1.807) is 12.1 Å². The molecule has 2 N–H and O–H groups in total. The number of nitrogens with zero attached hydrogens (tertiary/aromatic N) is 2. The lowest BCUT2D eigenvalue weighted by Gasteiger charge is -2.06. The van der Waals surface area contributed by atoms with Crippen LogP contribution in [0.1, 0.15) is 24.4 Å². The van der Waals surface area contributed by atoms with E-state index in [9.17, 15) is 4.39 Å². The number of rotatable bonds is 4. The first-order valence-electron chi connectivity index (χ1n) is 5.59. The average Bonchev–Trinajstić information content (AvgIpc) is 2.86. The molecule has 1 atom stereocenters. The van der Waals surface area contributed by atoms with Crippen molar-refractivity contribution in [2.75, 3.05) is 7.11 Å². The van der Waals surface area contributed by atoms with Crippen molar-refractivity contribution in [3.8, 4) is 16.3 Å². The molecule has 2 aromatic rings. The second kappa shape index (κ2) is 5.41. The van der Waals surface area contributed by atoms with Gasteiger partial charge in [-0.1, -0.05) is 24.3 Å². The molecule has 0 amide bonds. The quantitative estimate of drug-likeness (QED) is 0.925. The number of aromatic nitrogens is 2. The van der Waals surface area contributed by atoms with Crippen LogP contribution >= 0.6 is 11.3 Å². The molecule has 0 saturated heterocycles. The van der Waals surface area contributed by atoms with Crippen molar-refractivity contribution in [3.63, 3.8) is 0 Å². The van der Waals surface area contributed by atoms with Crippen LogP contribution in [0.15, 0.2) is 18.2 Å². The normalized spacial score (nSPS) is 12.4. The van der Waals surface area contributed by atoms with Crippen LogP contribution in [0.3, 0.4) is 0 Å². The molecule has 1 aromatic heterocycles. The minimum atomic E-state index is -0.373. The largest absolute Gasteiger partial charge is 0.496 e. The molecule has 2 rings (SSSR count). The van der Waals surface area contributed by atoms with Crippen LogP contribution in [0.2, 0.25) is 0 Å². The summed E-state index contributed by atoms with van der Waals surface area (Å²) in [6.45, 7) is 1.97. The molecular weight excluding hydrogens is 253 g/mol. The summed E-state index contributed by atoms with van der Waals surface area (Å²) >= 11 is 1.30. The number of ether oxygens (including phenoxy) is 1. The lowest BCUT2D eigenvalue weighted by atomic mass is 10.2. The maximum absolute atomic E-state index is 13.8. The van der Waals surface area contributed by atoms with Crippen molar-refractivity contribution in [2.45, 2.75) is 19.4 Å². The molecule has 0 saturated carbocycles. The number of hydrogen-bond acceptors (Lipinski definition) is 5. The molecule has 96 valence electrons. The van der Waals surface area contributed by atoms with E-state index < -0.39 is 0 Å². The van der Waals surface area contributed by atoms with Crippen LogP contribution in [-0.2, 0) is 0 Å². The molecule has 1 aromatic carbocycles. The second-order valence-electron chi connectivity index (χ2n) is 3.78. The lowest BCUT2D eigenvalue weighted by molar-refractivity contribution is 0.413. The van der Waals surface area contributed by atoms with Crippen molar-refractivity contribution in [1.82, 2.24) is 10.2 Å². The molecule has 0 bridgehead atoms. The maximum Gasteiger partial charge on any atom is 0.154 e. The van der Waals surface area contributed by atoms with Crippen molar-refractivity contribution in [2.24, 2.45) is 5.73 Å². The Kier molecular flexibility index (Phi) is 3.88. The van der Waals surface area contributed by atoms with E-state index in [1.807, 2.05) is 6.92 Å². The van der Waals surface area contributed by atoms with E-state index in [1.165, 1.54) is 24.5 Å². The highest BCUT2D eigenvalue weighted by Gasteiger charge is 2.18. The Bertz CT molecular complexity index is 544. The van der Waals surface area contributed by atoms with Gasteiger partial charge in [-0.05, 0) is 18.6 Å². The van der Waals surface area contributed by atoms with Gasteiger partial charge in [-0.25, -0.2) is 4.39 Å². The van der Waals surface area contributed by atoms with Crippen LogP contribution in [0.5, 0.6) is 5.75 Å². The first-order chi connectivity index (χ1) is 8.67. The fourth-order valence-electron chi connectivity index (χ4n) is 1.54. The van der Waals surface area contributed by atoms with Crippen molar-refractivity contribution >= 4 is 11.3 Å². The Morgan fingerprint density at radius 3 is 2.89 bits per heavy atom. The fraction of sp³-hybridized carbons (Fsp3) is 0.333. The average molecular weight is 267 g/mol. The van der Waals surface area contributed by atoms with Gasteiger partial charge < -0.3 is 10.5 Å². The zero-order chi connectivity index (χ0) is 13.1. The number of benzene rings is 1. The third-order valence-electron chi connectivity index (χ3n) is 2.61. The predicted octanol–water partition coefficient (Wildman–Crippen LogP) is 2.76. The summed E-state index contributed by atoms with van der Waals surface area (Å²) in [5.74, 6) is 0.0740. The molecule has 1 heterocycles. The van der Waals surface area contributed by atoms with Crippen LogP contribution in [0.4, 0.5) is 4.39 Å². The summed E-state index contributed by atoms with van der Waals surface area (Å²) in [4.78, 5) is 0. The van der Waals surface area contributed by atoms with Crippen LogP contribution in [-0.4, -0.2) is 17.3 Å². The summed E-state index contributed by atoms with van der Waals surface area (Å²) in [6, 6.07) is 4.50. The van der Waals surface area contributed by atoms with Crippen molar-refractivity contribution in [1.29, 1.82) is 0 Å². The Hall–Kier alpha value is -1.53. The summed E-state index contributed by atoms with van der Waals surface area (Å²) in [7, 11) is 1.50. The number of nitrogens with two attached hydrogens (primary N) is 1. The number of methoxy groups -OCH3 is 1. The molecule has 0 aliphatic carbocycles. The number of hydrogen-bond donors (Lipinski definition) is 1. The standard InChI is InChI=1S/C12H14FN3OS/c1-3-8(14)11-15-16-12(18-11)10-7(13)5-4-6-9(10)17-2/h4-6,8H,3,14H2,1-2H3. The van der Waals surface area contributed by atoms with Gasteiger partial charge in [-0.15, -0.1) is 10.2 Å². The highest BCUT2D eigenvalue weighted by Crippen LogP contribution is 2.35. The topological polar surface area (TPSA) is 61.0 Å². The van der Waals surface area contributed by atoms with Gasteiger partial charge in [0, 0.05) is 0 Å². The van der Waals surface area contributed by atoms with Crippen LogP contribution in [0, 0.1) is 5.82 Å². The van der Waals surface area contributed by atoms with Crippen molar-refractivity contribution < 1.29 is 9.13 Å². The van der Waals surface area contributed by atoms with E-state index in [-0.39, 0.29) is 11.9 Å². The molecule has 0 spiro atoms. The van der Waals surface area contributed by atoms with Crippen LogP contribution in [0.25, 0.3) is 10.6 Å². The second-order valence-corrected chi connectivity index (χ2v) is 4.79. The fourth-order valence-corrected chi connectivity index (χ4v) is 2.52. The van der Waals surface area contributed by atoms with E-state index in [0.29, 0.717) is 21.3 Å². The third kappa shape index (κ3) is 2.34. The highest BCUT2D eigenvalue weighted by atomic mass is 32.1. The SMILES string of the molecule is CCC(N)c1nnc(-c2c(F)cccc2OC)s1. The molecule has 0 aliphatic heterocycles. The Morgan fingerprint density at radius 2 is 2.22 bits per heavy atom. The summed E-state index contributed by atoms with van der Waals surface area (Å²) in [6.07, 6.45) is 0.767. The molecule has 0 aliphatic rings. The van der Waals surface area contributed by atoms with E-state index in [2.05, 4.69) is 10.2 Å². The number of halogens is 1. The summed E-state index contributed by atoms with van der Waals surface area (Å²) in [5, 5.41) is 9.19. The van der Waals surface area contributed by atoms with Gasteiger partial charge >= 0.3 is 0 Å². The molecular formula is C12H14FN3OS. The highest BCUT2D eigenvalue weighted by molar-refractivity contribution is 7.14. The molecule has 18 heavy (non-hydrogen) atoms. The molecule has 6 heteroatoms. The summed E-state index contributed by atoms with van der Waals surface area (Å²) < 4.78 is 19.0. The van der Waals surface area contributed by atoms with E-state index >= 15 is 0 Å². The minimum Gasteiger partial charge on any atom is -0.496 e. The van der Waals surface area contributed by atoms with Gasteiger partial charge in [-0.2, -0.15) is 0 Å². The lowest BCUT2D eigenvalue weighted by Crippen LogP contribution is -2.07. The Morgan fingerprint density at radius 1 is 1.44 bits per heavy atom.